The molecule has 2 aromatic heterocycles. The minimum Gasteiger partial charge on any atom is -0.370 e. The van der Waals surface area contributed by atoms with Crippen LogP contribution in [0, 0.1) is 6.92 Å². The lowest BCUT2D eigenvalue weighted by Crippen LogP contribution is -2.38. The first-order chi connectivity index (χ1) is 10.7. The van der Waals surface area contributed by atoms with Gasteiger partial charge in [-0.05, 0) is 57.9 Å². The molecule has 3 rings (SSSR count). The number of aryl methyl sites for hydroxylation is 1. The van der Waals surface area contributed by atoms with Crippen LogP contribution in [0.25, 0.3) is 10.9 Å². The molecule has 1 N–H and O–H groups in total. The maximum atomic E-state index is 4.67. The Labute approximate surface area is 133 Å². The summed E-state index contributed by atoms with van der Waals surface area (Å²) in [5, 5.41) is 4.59. The monoisotopic (exact) mass is 298 g/mol. The quantitative estimate of drug-likeness (QED) is 0.856. The Hall–Kier alpha value is -1.68. The molecule has 0 amide bonds. The van der Waals surface area contributed by atoms with Gasteiger partial charge in [0, 0.05) is 36.4 Å². The summed E-state index contributed by atoms with van der Waals surface area (Å²) in [6.45, 7) is 7.81. The third-order valence-corrected chi connectivity index (χ3v) is 4.68. The standard InChI is InChI=1S/C18H26N4/c1-14-6-3-4-12-22(14)13-5-10-20-18-8-7-16-15(2)19-11-9-17(16)21-18/h7-9,11,14H,3-6,10,12-13H2,1-2H3,(H,20,21). The van der Waals surface area contributed by atoms with Crippen molar-refractivity contribution in [2.24, 2.45) is 0 Å². The number of fused-ring (bicyclic) bond motifs is 1. The average Bonchev–Trinajstić information content (AvgIpc) is 2.53. The highest BCUT2D eigenvalue weighted by atomic mass is 15.2. The van der Waals surface area contributed by atoms with E-state index in [0.29, 0.717) is 0 Å². The van der Waals surface area contributed by atoms with Crippen LogP contribution in [0.2, 0.25) is 0 Å². The summed E-state index contributed by atoms with van der Waals surface area (Å²) < 4.78 is 0. The van der Waals surface area contributed by atoms with Gasteiger partial charge in [-0.15, -0.1) is 0 Å². The van der Waals surface area contributed by atoms with E-state index in [1.54, 1.807) is 0 Å². The molecule has 3 heterocycles. The van der Waals surface area contributed by atoms with Crippen molar-refractivity contribution in [2.75, 3.05) is 25.0 Å². The van der Waals surface area contributed by atoms with Gasteiger partial charge in [-0.2, -0.15) is 0 Å². The van der Waals surface area contributed by atoms with Crippen LogP contribution >= 0.6 is 0 Å². The molecule has 0 aromatic carbocycles. The zero-order valence-electron chi connectivity index (χ0n) is 13.7. The van der Waals surface area contributed by atoms with Gasteiger partial charge in [-0.3, -0.25) is 4.98 Å². The SMILES string of the molecule is Cc1nccc2nc(NCCCN3CCCCC3C)ccc12. The van der Waals surface area contributed by atoms with Gasteiger partial charge in [0.15, 0.2) is 0 Å². The number of nitrogens with one attached hydrogen (secondary N) is 1. The van der Waals surface area contributed by atoms with Crippen molar-refractivity contribution in [3.05, 3.63) is 30.1 Å². The number of aromatic nitrogens is 2. The van der Waals surface area contributed by atoms with Crippen molar-refractivity contribution in [1.29, 1.82) is 0 Å². The molecular formula is C18H26N4. The van der Waals surface area contributed by atoms with Gasteiger partial charge < -0.3 is 10.2 Å². The zero-order valence-corrected chi connectivity index (χ0v) is 13.7. The highest BCUT2D eigenvalue weighted by Gasteiger charge is 2.16. The number of hydrogen-bond acceptors (Lipinski definition) is 4. The normalized spacial score (nSPS) is 19.5. The summed E-state index contributed by atoms with van der Waals surface area (Å²) in [7, 11) is 0. The second-order valence-corrected chi connectivity index (χ2v) is 6.32. The van der Waals surface area contributed by atoms with Crippen LogP contribution in [0.5, 0.6) is 0 Å². The molecule has 4 nitrogen and oxygen atoms in total. The van der Waals surface area contributed by atoms with Crippen LogP contribution in [0.3, 0.4) is 0 Å². The highest BCUT2D eigenvalue weighted by Crippen LogP contribution is 2.18. The molecule has 0 bridgehead atoms. The number of nitrogens with zero attached hydrogens (tertiary/aromatic N) is 3. The third-order valence-electron chi connectivity index (χ3n) is 4.68. The Morgan fingerprint density at radius 3 is 3.05 bits per heavy atom. The molecule has 0 saturated carbocycles. The van der Waals surface area contributed by atoms with Crippen molar-refractivity contribution < 1.29 is 0 Å². The van der Waals surface area contributed by atoms with E-state index in [1.807, 2.05) is 19.2 Å². The fourth-order valence-electron chi connectivity index (χ4n) is 3.28. The van der Waals surface area contributed by atoms with Crippen LogP contribution in [-0.4, -0.2) is 40.5 Å². The average molecular weight is 298 g/mol. The summed E-state index contributed by atoms with van der Waals surface area (Å²) in [6, 6.07) is 6.89. The van der Waals surface area contributed by atoms with Gasteiger partial charge in [0.05, 0.1) is 5.52 Å². The van der Waals surface area contributed by atoms with Crippen LogP contribution in [-0.2, 0) is 0 Å². The van der Waals surface area contributed by atoms with E-state index in [-0.39, 0.29) is 0 Å². The van der Waals surface area contributed by atoms with E-state index in [0.717, 1.165) is 35.0 Å². The molecule has 4 heteroatoms. The lowest BCUT2D eigenvalue weighted by atomic mass is 10.0. The fourth-order valence-corrected chi connectivity index (χ4v) is 3.28. The maximum absolute atomic E-state index is 4.67. The fraction of sp³-hybridized carbons (Fsp3) is 0.556. The predicted molar refractivity (Wildman–Crippen MR) is 92.3 cm³/mol. The van der Waals surface area contributed by atoms with Crippen LogP contribution in [0.1, 0.15) is 38.3 Å². The number of pyridine rings is 2. The molecule has 1 atom stereocenters. The van der Waals surface area contributed by atoms with Gasteiger partial charge in [0.2, 0.25) is 0 Å². The highest BCUT2D eigenvalue weighted by molar-refractivity contribution is 5.81. The smallest absolute Gasteiger partial charge is 0.126 e. The predicted octanol–water partition coefficient (Wildman–Crippen LogP) is 3.61. The van der Waals surface area contributed by atoms with E-state index in [2.05, 4.69) is 39.2 Å². The summed E-state index contributed by atoms with van der Waals surface area (Å²) in [5.74, 6) is 0.963. The Morgan fingerprint density at radius 2 is 2.18 bits per heavy atom. The molecule has 1 aliphatic heterocycles. The largest absolute Gasteiger partial charge is 0.370 e. The minimum absolute atomic E-state index is 0.753. The Bertz CT molecular complexity index is 626. The number of rotatable bonds is 5. The van der Waals surface area contributed by atoms with E-state index in [1.165, 1.54) is 38.8 Å². The van der Waals surface area contributed by atoms with Crippen molar-refractivity contribution in [3.8, 4) is 0 Å². The number of piperidine rings is 1. The lowest BCUT2D eigenvalue weighted by molar-refractivity contribution is 0.160. The molecule has 0 aliphatic carbocycles. The summed E-state index contributed by atoms with van der Waals surface area (Å²) in [5.41, 5.74) is 2.05. The van der Waals surface area contributed by atoms with Gasteiger partial charge in [0.25, 0.3) is 0 Å². The molecule has 1 aliphatic rings. The number of likely N-dealkylation sites (tertiary alicyclic amines) is 1. The van der Waals surface area contributed by atoms with Crippen molar-refractivity contribution in [2.45, 2.75) is 45.6 Å². The van der Waals surface area contributed by atoms with E-state index in [4.69, 9.17) is 0 Å². The summed E-state index contributed by atoms with van der Waals surface area (Å²) in [4.78, 5) is 11.6. The molecule has 22 heavy (non-hydrogen) atoms. The van der Waals surface area contributed by atoms with E-state index < -0.39 is 0 Å². The Kier molecular flexibility index (Phi) is 4.88. The Morgan fingerprint density at radius 1 is 1.27 bits per heavy atom. The third kappa shape index (κ3) is 3.55. The molecule has 1 unspecified atom stereocenters. The first kappa shape index (κ1) is 15.2. The second kappa shape index (κ2) is 7.05. The molecular weight excluding hydrogens is 272 g/mol. The summed E-state index contributed by atoms with van der Waals surface area (Å²) in [6.07, 6.45) is 7.10. The Balaban J connectivity index is 1.51. The van der Waals surface area contributed by atoms with E-state index in [9.17, 15) is 0 Å². The molecule has 1 fully saturated rings. The van der Waals surface area contributed by atoms with Crippen molar-refractivity contribution >= 4 is 16.7 Å². The summed E-state index contributed by atoms with van der Waals surface area (Å²) >= 11 is 0. The second-order valence-electron chi connectivity index (χ2n) is 6.32. The van der Waals surface area contributed by atoms with Crippen LogP contribution < -0.4 is 5.32 Å². The molecule has 118 valence electrons. The van der Waals surface area contributed by atoms with Gasteiger partial charge in [-0.1, -0.05) is 6.42 Å². The number of anilines is 1. The molecule has 1 saturated heterocycles. The van der Waals surface area contributed by atoms with Crippen LogP contribution in [0.15, 0.2) is 24.4 Å². The number of hydrogen-bond donors (Lipinski definition) is 1. The van der Waals surface area contributed by atoms with Gasteiger partial charge in [-0.25, -0.2) is 4.98 Å². The van der Waals surface area contributed by atoms with Crippen LogP contribution in [0.4, 0.5) is 5.82 Å². The molecule has 0 radical (unpaired) electrons. The van der Waals surface area contributed by atoms with Gasteiger partial charge in [0.1, 0.15) is 5.82 Å². The first-order valence-electron chi connectivity index (χ1n) is 8.44. The topological polar surface area (TPSA) is 41.1 Å². The molecule has 0 spiro atoms. The zero-order chi connectivity index (χ0) is 15.4. The van der Waals surface area contributed by atoms with E-state index >= 15 is 0 Å². The maximum Gasteiger partial charge on any atom is 0.126 e. The molecule has 2 aromatic rings. The first-order valence-corrected chi connectivity index (χ1v) is 8.44. The minimum atomic E-state index is 0.753. The van der Waals surface area contributed by atoms with Gasteiger partial charge >= 0.3 is 0 Å². The van der Waals surface area contributed by atoms with Crippen molar-refractivity contribution in [3.63, 3.8) is 0 Å². The van der Waals surface area contributed by atoms with Crippen molar-refractivity contribution in [1.82, 2.24) is 14.9 Å². The lowest BCUT2D eigenvalue weighted by Gasteiger charge is -2.33.